The van der Waals surface area contributed by atoms with Gasteiger partial charge in [-0.3, -0.25) is 9.59 Å². The maximum absolute atomic E-state index is 12.6. The lowest BCUT2D eigenvalue weighted by molar-refractivity contribution is -0.155. The van der Waals surface area contributed by atoms with Crippen molar-refractivity contribution in [2.45, 2.75) is 44.7 Å². The smallest absolute Gasteiger partial charge is 0.325 e. The molecule has 0 fully saturated rings. The lowest BCUT2D eigenvalue weighted by atomic mass is 10.1. The predicted octanol–water partition coefficient (Wildman–Crippen LogP) is 2.87. The molecule has 156 valence electrons. The Kier molecular flexibility index (Phi) is 7.53. The summed E-state index contributed by atoms with van der Waals surface area (Å²) >= 11 is 0. The Bertz CT molecular complexity index is 941. The molecule has 0 saturated heterocycles. The standard InChI is InChI=1S/C21H26N2O5S/c1-14(2)19(23-29(26,27)18-8-6-5-7-9-18)21(25)28-16(4)20(24)22-17-12-10-15(3)11-13-17/h5-14,16,19,23H,1-4H3,(H,22,24)/t16-,19+/m1/s1. The Morgan fingerprint density at radius 1 is 0.931 bits per heavy atom. The summed E-state index contributed by atoms with van der Waals surface area (Å²) < 4.78 is 32.7. The number of nitrogens with one attached hydrogen (secondary N) is 2. The van der Waals surface area contributed by atoms with E-state index in [1.165, 1.54) is 19.1 Å². The van der Waals surface area contributed by atoms with Crippen molar-refractivity contribution in [3.63, 3.8) is 0 Å². The molecule has 0 bridgehead atoms. The van der Waals surface area contributed by atoms with Gasteiger partial charge in [0.2, 0.25) is 10.0 Å². The van der Waals surface area contributed by atoms with E-state index in [1.54, 1.807) is 44.2 Å². The van der Waals surface area contributed by atoms with Gasteiger partial charge in [-0.25, -0.2) is 8.42 Å². The van der Waals surface area contributed by atoms with E-state index in [-0.39, 0.29) is 10.8 Å². The van der Waals surface area contributed by atoms with Gasteiger partial charge < -0.3 is 10.1 Å². The molecule has 0 radical (unpaired) electrons. The predicted molar refractivity (Wildman–Crippen MR) is 111 cm³/mol. The van der Waals surface area contributed by atoms with Gasteiger partial charge in [-0.15, -0.1) is 0 Å². The SMILES string of the molecule is Cc1ccc(NC(=O)[C@@H](C)OC(=O)[C@@H](NS(=O)(=O)c2ccccc2)C(C)C)cc1. The second-order valence-corrected chi connectivity index (χ2v) is 8.80. The Morgan fingerprint density at radius 2 is 1.52 bits per heavy atom. The van der Waals surface area contributed by atoms with Crippen molar-refractivity contribution in [2.24, 2.45) is 5.92 Å². The Balaban J connectivity index is 2.04. The van der Waals surface area contributed by atoms with Crippen LogP contribution in [0.5, 0.6) is 0 Å². The largest absolute Gasteiger partial charge is 0.451 e. The second-order valence-electron chi connectivity index (χ2n) is 7.09. The molecule has 2 atom stereocenters. The molecule has 2 aromatic rings. The van der Waals surface area contributed by atoms with Crippen LogP contribution in [0.3, 0.4) is 0 Å². The molecule has 0 aliphatic heterocycles. The number of aryl methyl sites for hydroxylation is 1. The fraction of sp³-hybridized carbons (Fsp3) is 0.333. The lowest BCUT2D eigenvalue weighted by Gasteiger charge is -2.23. The molecule has 0 aliphatic carbocycles. The highest BCUT2D eigenvalue weighted by atomic mass is 32.2. The minimum absolute atomic E-state index is 0.0450. The summed E-state index contributed by atoms with van der Waals surface area (Å²) in [5.74, 6) is -1.70. The van der Waals surface area contributed by atoms with E-state index in [4.69, 9.17) is 4.74 Å². The molecule has 2 aromatic carbocycles. The average Bonchev–Trinajstić information content (AvgIpc) is 2.68. The van der Waals surface area contributed by atoms with E-state index in [2.05, 4.69) is 10.0 Å². The molecule has 0 unspecified atom stereocenters. The Labute approximate surface area is 171 Å². The molecular formula is C21H26N2O5S. The first-order valence-corrected chi connectivity index (χ1v) is 10.7. The number of ether oxygens (including phenoxy) is 1. The molecule has 8 heteroatoms. The highest BCUT2D eigenvalue weighted by molar-refractivity contribution is 7.89. The highest BCUT2D eigenvalue weighted by Gasteiger charge is 2.31. The first-order chi connectivity index (χ1) is 13.6. The molecule has 0 aliphatic rings. The zero-order valence-corrected chi connectivity index (χ0v) is 17.7. The summed E-state index contributed by atoms with van der Waals surface area (Å²) in [6.07, 6.45) is -1.09. The zero-order chi connectivity index (χ0) is 21.6. The maximum atomic E-state index is 12.6. The van der Waals surface area contributed by atoms with Gasteiger partial charge in [-0.05, 0) is 44.0 Å². The van der Waals surface area contributed by atoms with Crippen LogP contribution in [0, 0.1) is 12.8 Å². The molecule has 1 amide bonds. The van der Waals surface area contributed by atoms with Crippen LogP contribution in [-0.2, 0) is 24.3 Å². The molecular weight excluding hydrogens is 392 g/mol. The lowest BCUT2D eigenvalue weighted by Crippen LogP contribution is -2.47. The summed E-state index contributed by atoms with van der Waals surface area (Å²) in [5.41, 5.74) is 1.63. The molecule has 7 nitrogen and oxygen atoms in total. The van der Waals surface area contributed by atoms with Crippen molar-refractivity contribution < 1.29 is 22.7 Å². The first kappa shape index (κ1) is 22.6. The van der Waals surface area contributed by atoms with Crippen molar-refractivity contribution in [1.82, 2.24) is 4.72 Å². The average molecular weight is 419 g/mol. The van der Waals surface area contributed by atoms with E-state index >= 15 is 0 Å². The molecule has 29 heavy (non-hydrogen) atoms. The number of sulfonamides is 1. The summed E-state index contributed by atoms with van der Waals surface area (Å²) in [6.45, 7) is 6.75. The van der Waals surface area contributed by atoms with Crippen LogP contribution in [0.4, 0.5) is 5.69 Å². The fourth-order valence-corrected chi connectivity index (χ4v) is 3.83. The number of carbonyl (C=O) groups excluding carboxylic acids is 2. The molecule has 0 spiro atoms. The van der Waals surface area contributed by atoms with Crippen LogP contribution in [0.2, 0.25) is 0 Å². The van der Waals surface area contributed by atoms with Crippen LogP contribution in [0.1, 0.15) is 26.3 Å². The minimum atomic E-state index is -3.91. The fourth-order valence-electron chi connectivity index (χ4n) is 2.47. The number of hydrogen-bond donors (Lipinski definition) is 2. The minimum Gasteiger partial charge on any atom is -0.451 e. The van der Waals surface area contributed by atoms with Crippen LogP contribution in [-0.4, -0.2) is 32.4 Å². The van der Waals surface area contributed by atoms with Crippen LogP contribution < -0.4 is 10.0 Å². The Morgan fingerprint density at radius 3 is 2.07 bits per heavy atom. The topological polar surface area (TPSA) is 102 Å². The number of anilines is 1. The van der Waals surface area contributed by atoms with Gasteiger partial charge in [-0.2, -0.15) is 4.72 Å². The number of amides is 1. The van der Waals surface area contributed by atoms with Crippen LogP contribution in [0.15, 0.2) is 59.5 Å². The molecule has 0 heterocycles. The van der Waals surface area contributed by atoms with Gasteiger partial charge in [0.05, 0.1) is 4.90 Å². The van der Waals surface area contributed by atoms with E-state index in [0.717, 1.165) is 5.56 Å². The van der Waals surface area contributed by atoms with Crippen molar-refractivity contribution in [1.29, 1.82) is 0 Å². The van der Waals surface area contributed by atoms with Crippen LogP contribution in [0.25, 0.3) is 0 Å². The van der Waals surface area contributed by atoms with Gasteiger partial charge in [0.1, 0.15) is 6.04 Å². The third-order valence-corrected chi connectivity index (χ3v) is 5.69. The second kappa shape index (κ2) is 9.67. The van der Waals surface area contributed by atoms with Crippen LogP contribution >= 0.6 is 0 Å². The normalized spacial score (nSPS) is 13.6. The third-order valence-electron chi connectivity index (χ3n) is 4.24. The quantitative estimate of drug-likeness (QED) is 0.642. The van der Waals surface area contributed by atoms with Crippen molar-refractivity contribution in [3.8, 4) is 0 Å². The summed E-state index contributed by atoms with van der Waals surface area (Å²) in [4.78, 5) is 24.9. The van der Waals surface area contributed by atoms with Crippen molar-refractivity contribution in [3.05, 3.63) is 60.2 Å². The first-order valence-electron chi connectivity index (χ1n) is 9.25. The third kappa shape index (κ3) is 6.40. The van der Waals surface area contributed by atoms with E-state index in [1.807, 2.05) is 19.1 Å². The number of esters is 1. The number of benzene rings is 2. The van der Waals surface area contributed by atoms with Gasteiger partial charge in [-0.1, -0.05) is 49.7 Å². The van der Waals surface area contributed by atoms with Gasteiger partial charge >= 0.3 is 5.97 Å². The molecule has 2 rings (SSSR count). The highest BCUT2D eigenvalue weighted by Crippen LogP contribution is 2.14. The maximum Gasteiger partial charge on any atom is 0.325 e. The number of rotatable bonds is 8. The summed E-state index contributed by atoms with van der Waals surface area (Å²) in [6, 6.07) is 13.8. The van der Waals surface area contributed by atoms with E-state index < -0.39 is 34.0 Å². The molecule has 2 N–H and O–H groups in total. The van der Waals surface area contributed by atoms with Gasteiger partial charge in [0, 0.05) is 5.69 Å². The van der Waals surface area contributed by atoms with Gasteiger partial charge in [0.15, 0.2) is 6.10 Å². The summed E-state index contributed by atoms with van der Waals surface area (Å²) in [7, 11) is -3.91. The van der Waals surface area contributed by atoms with Crippen molar-refractivity contribution in [2.75, 3.05) is 5.32 Å². The van der Waals surface area contributed by atoms with Crippen molar-refractivity contribution >= 4 is 27.6 Å². The van der Waals surface area contributed by atoms with E-state index in [9.17, 15) is 18.0 Å². The Hall–Kier alpha value is -2.71. The van der Waals surface area contributed by atoms with Gasteiger partial charge in [0.25, 0.3) is 5.91 Å². The summed E-state index contributed by atoms with van der Waals surface area (Å²) in [5, 5.41) is 2.66. The monoisotopic (exact) mass is 418 g/mol. The van der Waals surface area contributed by atoms with E-state index in [0.29, 0.717) is 5.69 Å². The molecule has 0 saturated carbocycles. The zero-order valence-electron chi connectivity index (χ0n) is 16.9. The number of hydrogen-bond acceptors (Lipinski definition) is 5. The molecule has 0 aromatic heterocycles. The number of carbonyl (C=O) groups is 2.